The van der Waals surface area contributed by atoms with Gasteiger partial charge in [0.05, 0.1) is 24.8 Å². The summed E-state index contributed by atoms with van der Waals surface area (Å²) in [7, 11) is -16.4. The fourth-order valence-corrected chi connectivity index (χ4v) is 9.88. The zero-order valence-electron chi connectivity index (χ0n) is 34.5. The Morgan fingerprint density at radius 3 is 2.44 bits per heavy atom. The molecule has 3 amide bonds. The number of aromatic amines is 1. The number of hydrogen-bond acceptors (Lipinski definition) is 18. The summed E-state index contributed by atoms with van der Waals surface area (Å²) in [6.45, 7) is 2.76. The van der Waals surface area contributed by atoms with E-state index in [9.17, 15) is 57.9 Å². The first-order chi connectivity index (χ1) is 30.0. The number of hydrogen-bond donors (Lipinski definition) is 11. The highest BCUT2D eigenvalue weighted by Crippen LogP contribution is 2.61. The lowest BCUT2D eigenvalue weighted by atomic mass is 9.87. The van der Waals surface area contributed by atoms with Gasteiger partial charge in [0.15, 0.2) is 17.7 Å². The van der Waals surface area contributed by atoms with Gasteiger partial charge >= 0.3 is 23.5 Å². The number of carbonyl (C=O) groups excluding carboxylic acids is 3. The van der Waals surface area contributed by atoms with Gasteiger partial charge in [-0.15, -0.1) is 11.8 Å². The van der Waals surface area contributed by atoms with E-state index < -0.39 is 84.6 Å². The number of aliphatic hydroxyl groups is 2. The van der Waals surface area contributed by atoms with Crippen LogP contribution >= 0.6 is 35.2 Å². The molecule has 3 aromatic heterocycles. The molecule has 0 radical (unpaired) electrons. The van der Waals surface area contributed by atoms with E-state index in [1.807, 2.05) is 30.5 Å². The van der Waals surface area contributed by atoms with E-state index in [4.69, 9.17) is 19.5 Å². The molecule has 0 aliphatic carbocycles. The van der Waals surface area contributed by atoms with Gasteiger partial charge in [0, 0.05) is 54.3 Å². The van der Waals surface area contributed by atoms with Gasteiger partial charge < -0.3 is 61.2 Å². The van der Waals surface area contributed by atoms with Gasteiger partial charge in [-0.1, -0.05) is 32.0 Å². The number of carbonyl (C=O) groups is 3. The van der Waals surface area contributed by atoms with Crippen molar-refractivity contribution in [3.05, 3.63) is 48.7 Å². The van der Waals surface area contributed by atoms with Crippen molar-refractivity contribution in [1.82, 2.24) is 40.5 Å². The van der Waals surface area contributed by atoms with E-state index in [-0.39, 0.29) is 47.6 Å². The lowest BCUT2D eigenvalue weighted by Crippen LogP contribution is -2.46. The minimum atomic E-state index is -5.58. The SMILES string of the molecule is CC(SCCNC(=O)CCNC(=O)C(O)C(C)(C)COP(=O)(O)OP(=O)(O)OC[C@H]1O[C@@H](n2cnc3c(N)ncnc32)[C@H](O)[C@@H]1OP(=O)(O)O)C(=O)NCCc1c[nH]c2ccccc12. The van der Waals surface area contributed by atoms with Crippen LogP contribution in [0.4, 0.5) is 5.82 Å². The average Bonchev–Trinajstić information content (AvgIpc) is 3.92. The van der Waals surface area contributed by atoms with Crippen LogP contribution in [0.2, 0.25) is 0 Å². The molecule has 64 heavy (non-hydrogen) atoms. The Morgan fingerprint density at radius 1 is 1.00 bits per heavy atom. The Labute approximate surface area is 368 Å². The molecular weight excluding hydrogens is 931 g/mol. The number of para-hydroxylation sites is 1. The Kier molecular flexibility index (Phi) is 17.3. The van der Waals surface area contributed by atoms with Gasteiger partial charge in [-0.2, -0.15) is 4.31 Å². The molecule has 0 saturated carbocycles. The minimum Gasteiger partial charge on any atom is -0.386 e. The van der Waals surface area contributed by atoms with Crippen molar-refractivity contribution in [3.63, 3.8) is 0 Å². The van der Waals surface area contributed by atoms with Crippen molar-refractivity contribution in [2.75, 3.05) is 44.3 Å². The fourth-order valence-electron chi connectivity index (χ4n) is 6.24. The zero-order valence-corrected chi connectivity index (χ0v) is 38.0. The average molecular weight is 982 g/mol. The van der Waals surface area contributed by atoms with Crippen LogP contribution in [0.3, 0.4) is 0 Å². The summed E-state index contributed by atoms with van der Waals surface area (Å²) < 4.78 is 62.4. The van der Waals surface area contributed by atoms with Gasteiger partial charge in [-0.05, 0) is 25.0 Å². The van der Waals surface area contributed by atoms with Gasteiger partial charge in [-0.3, -0.25) is 32.5 Å². The first kappa shape index (κ1) is 51.1. The number of phosphoric ester groups is 3. The number of rotatable bonds is 24. The van der Waals surface area contributed by atoms with Gasteiger partial charge in [-0.25, -0.2) is 28.6 Å². The van der Waals surface area contributed by atoms with Crippen LogP contribution < -0.4 is 21.7 Å². The summed E-state index contributed by atoms with van der Waals surface area (Å²) in [6.07, 6.45) is -4.35. The van der Waals surface area contributed by atoms with Crippen LogP contribution in [-0.2, 0) is 57.1 Å². The summed E-state index contributed by atoms with van der Waals surface area (Å²) in [5, 5.41) is 30.3. The number of nitrogen functional groups attached to an aromatic ring is 1. The maximum Gasteiger partial charge on any atom is 0.481 e. The van der Waals surface area contributed by atoms with Crippen LogP contribution in [0.15, 0.2) is 43.1 Å². The van der Waals surface area contributed by atoms with Crippen LogP contribution in [0.5, 0.6) is 0 Å². The second-order valence-electron chi connectivity index (χ2n) is 15.0. The standard InChI is InChI=1S/C34H50N9O17P3S/c1-19(31(47)37-10-8-20-14-39-22-7-5-4-6-21(20)22)64-13-12-36-24(44)9-11-38-32(48)28(46)34(2,3)16-57-63(54,55)60-62(52,53)56-15-23-27(59-61(49,50)51)26(45)33(58-23)43-18-42-25-29(35)40-17-41-30(25)43/h4-7,14,17-19,23,26-28,33,39,45-46H,8-13,15-16H2,1-3H3,(H,36,44)(H,37,47)(H,38,48)(H,52,53)(H,54,55)(H2,35,40,41)(H2,49,50,51)/t19?,23-,26-,27-,28?,33-/m1/s1. The lowest BCUT2D eigenvalue weighted by molar-refractivity contribution is -0.137. The minimum absolute atomic E-state index is 0.0289. The molecule has 1 aliphatic rings. The van der Waals surface area contributed by atoms with Crippen LogP contribution in [0, 0.1) is 5.41 Å². The number of aliphatic hydroxyl groups excluding tert-OH is 2. The number of nitrogens with two attached hydrogens (primary N) is 1. The number of H-pyrrole nitrogens is 1. The molecule has 4 heterocycles. The predicted octanol–water partition coefficient (Wildman–Crippen LogP) is 0.367. The number of imidazole rings is 1. The highest BCUT2D eigenvalue weighted by molar-refractivity contribution is 8.00. The first-order valence-corrected chi connectivity index (χ1v) is 24.9. The third-order valence-electron chi connectivity index (χ3n) is 9.61. The Bertz CT molecular complexity index is 2420. The highest BCUT2D eigenvalue weighted by atomic mass is 32.2. The third-order valence-corrected chi connectivity index (χ3v) is 13.9. The predicted molar refractivity (Wildman–Crippen MR) is 227 cm³/mol. The summed E-state index contributed by atoms with van der Waals surface area (Å²) >= 11 is 1.35. The van der Waals surface area contributed by atoms with E-state index in [0.717, 1.165) is 33.7 Å². The number of nitrogens with one attached hydrogen (secondary N) is 4. The molecule has 5 rings (SSSR count). The van der Waals surface area contributed by atoms with Crippen molar-refractivity contribution in [2.45, 2.75) is 69.5 Å². The van der Waals surface area contributed by atoms with Crippen molar-refractivity contribution in [1.29, 1.82) is 0 Å². The summed E-state index contributed by atoms with van der Waals surface area (Å²) in [5.74, 6) is -1.14. The van der Waals surface area contributed by atoms with E-state index >= 15 is 0 Å². The second kappa shape index (κ2) is 21.6. The molecule has 4 unspecified atom stereocenters. The number of benzene rings is 1. The molecule has 12 N–H and O–H groups in total. The van der Waals surface area contributed by atoms with Crippen LogP contribution in [-0.4, -0.2) is 140 Å². The van der Waals surface area contributed by atoms with E-state index in [2.05, 4.69) is 44.7 Å². The molecule has 26 nitrogen and oxygen atoms in total. The van der Waals surface area contributed by atoms with E-state index in [1.165, 1.54) is 25.6 Å². The molecule has 0 bridgehead atoms. The molecule has 8 atom stereocenters. The molecule has 30 heteroatoms. The number of anilines is 1. The Morgan fingerprint density at radius 2 is 1.70 bits per heavy atom. The van der Waals surface area contributed by atoms with Gasteiger partial charge in [0.25, 0.3) is 0 Å². The number of thioether (sulfide) groups is 1. The zero-order chi connectivity index (χ0) is 47.0. The fraction of sp³-hybridized carbons (Fsp3) is 0.529. The van der Waals surface area contributed by atoms with Crippen LogP contribution in [0.1, 0.15) is 39.0 Å². The monoisotopic (exact) mass is 981 g/mol. The number of amides is 3. The van der Waals surface area contributed by atoms with Crippen molar-refractivity contribution in [3.8, 4) is 0 Å². The normalized spacial score (nSPS) is 21.0. The lowest BCUT2D eigenvalue weighted by Gasteiger charge is -2.30. The Balaban J connectivity index is 0.997. The number of aromatic nitrogens is 5. The molecule has 354 valence electrons. The molecule has 1 saturated heterocycles. The quantitative estimate of drug-likeness (QED) is 0.0334. The number of nitrogens with zero attached hydrogens (tertiary/aromatic N) is 4. The summed E-state index contributed by atoms with van der Waals surface area (Å²) in [5.41, 5.74) is 6.39. The van der Waals surface area contributed by atoms with E-state index in [0.29, 0.717) is 18.7 Å². The molecule has 4 aromatic rings. The van der Waals surface area contributed by atoms with E-state index in [1.54, 1.807) is 6.92 Å². The number of phosphoric acid groups is 3. The second-order valence-corrected chi connectivity index (χ2v) is 20.7. The molecule has 0 spiro atoms. The number of fused-ring (bicyclic) bond motifs is 2. The maximum atomic E-state index is 12.7. The molecule has 1 aliphatic heterocycles. The Hall–Kier alpha value is -3.88. The van der Waals surface area contributed by atoms with Crippen molar-refractivity contribution in [2.24, 2.45) is 5.41 Å². The van der Waals surface area contributed by atoms with Gasteiger partial charge in [0.2, 0.25) is 17.7 Å². The molecule has 1 fully saturated rings. The van der Waals surface area contributed by atoms with Gasteiger partial charge in [0.1, 0.15) is 36.3 Å². The highest BCUT2D eigenvalue weighted by Gasteiger charge is 2.50. The molecule has 1 aromatic carbocycles. The summed E-state index contributed by atoms with van der Waals surface area (Å²) in [6, 6.07) is 7.89. The van der Waals surface area contributed by atoms with Crippen molar-refractivity contribution >= 4 is 80.8 Å². The van der Waals surface area contributed by atoms with Crippen molar-refractivity contribution < 1.29 is 80.5 Å². The van der Waals surface area contributed by atoms with Crippen LogP contribution in [0.25, 0.3) is 22.1 Å². The third kappa shape index (κ3) is 14.1. The largest absolute Gasteiger partial charge is 0.481 e. The smallest absolute Gasteiger partial charge is 0.386 e. The first-order valence-electron chi connectivity index (χ1n) is 19.3. The summed E-state index contributed by atoms with van der Waals surface area (Å²) in [4.78, 5) is 91.9. The topological polar surface area (TPSA) is 391 Å². The number of ether oxygens (including phenoxy) is 1. The maximum absolute atomic E-state index is 12.7. The molecular formula is C34H50N9O17P3S.